The predicted octanol–water partition coefficient (Wildman–Crippen LogP) is 3.04. The van der Waals surface area contributed by atoms with E-state index in [-0.39, 0.29) is 5.78 Å². The molecule has 0 aliphatic carbocycles. The second kappa shape index (κ2) is 5.53. The molecule has 0 heterocycles. The van der Waals surface area contributed by atoms with Gasteiger partial charge in [-0.15, -0.1) is 0 Å². The van der Waals surface area contributed by atoms with Crippen molar-refractivity contribution in [3.8, 4) is 0 Å². The standard InChI is InChI=1S/C11H16O/c1-5-9(3)7-11(6-2)8-10(4)12/h5-7H,2,8H2,1,3-4H3/b9-5?,11-7+. The van der Waals surface area contributed by atoms with E-state index in [1.165, 1.54) is 0 Å². The van der Waals surface area contributed by atoms with E-state index in [0.717, 1.165) is 11.1 Å². The fraction of sp³-hybridized carbons (Fsp3) is 0.364. The van der Waals surface area contributed by atoms with Crippen LogP contribution in [0.5, 0.6) is 0 Å². The van der Waals surface area contributed by atoms with E-state index in [1.807, 2.05) is 26.0 Å². The molecule has 0 atom stereocenters. The molecular weight excluding hydrogens is 148 g/mol. The highest BCUT2D eigenvalue weighted by Gasteiger charge is 1.96. The van der Waals surface area contributed by atoms with Crippen LogP contribution in [-0.4, -0.2) is 5.78 Å². The van der Waals surface area contributed by atoms with Crippen molar-refractivity contribution in [1.82, 2.24) is 0 Å². The maximum atomic E-state index is 10.8. The van der Waals surface area contributed by atoms with Crippen molar-refractivity contribution in [2.75, 3.05) is 0 Å². The summed E-state index contributed by atoms with van der Waals surface area (Å²) in [4.78, 5) is 10.8. The molecule has 0 radical (unpaired) electrons. The third kappa shape index (κ3) is 4.67. The minimum Gasteiger partial charge on any atom is -0.300 e. The maximum absolute atomic E-state index is 10.8. The number of hydrogen-bond acceptors (Lipinski definition) is 1. The minimum atomic E-state index is 0.171. The largest absolute Gasteiger partial charge is 0.300 e. The van der Waals surface area contributed by atoms with Crippen LogP contribution >= 0.6 is 0 Å². The number of rotatable bonds is 4. The third-order valence-electron chi connectivity index (χ3n) is 1.58. The van der Waals surface area contributed by atoms with Crippen molar-refractivity contribution in [3.63, 3.8) is 0 Å². The molecule has 0 bridgehead atoms. The molecular formula is C11H16O. The second-order valence-electron chi connectivity index (χ2n) is 2.83. The van der Waals surface area contributed by atoms with Gasteiger partial charge in [0.15, 0.2) is 0 Å². The first-order valence-corrected chi connectivity index (χ1v) is 4.05. The molecule has 0 aliphatic rings. The Morgan fingerprint density at radius 3 is 2.33 bits per heavy atom. The van der Waals surface area contributed by atoms with Crippen molar-refractivity contribution in [1.29, 1.82) is 0 Å². The number of hydrogen-bond donors (Lipinski definition) is 0. The number of ketones is 1. The smallest absolute Gasteiger partial charge is 0.134 e. The molecule has 0 unspecified atom stereocenters. The lowest BCUT2D eigenvalue weighted by Crippen LogP contribution is -1.91. The lowest BCUT2D eigenvalue weighted by molar-refractivity contribution is -0.116. The van der Waals surface area contributed by atoms with Crippen LogP contribution in [0.4, 0.5) is 0 Å². The van der Waals surface area contributed by atoms with Crippen LogP contribution in [0.1, 0.15) is 27.2 Å². The van der Waals surface area contributed by atoms with Crippen LogP contribution in [0.3, 0.4) is 0 Å². The van der Waals surface area contributed by atoms with Crippen molar-refractivity contribution in [2.45, 2.75) is 27.2 Å². The van der Waals surface area contributed by atoms with Crippen molar-refractivity contribution < 1.29 is 4.79 Å². The number of Topliss-reactive ketones (excluding diaryl/α,β-unsaturated/α-hetero) is 1. The van der Waals surface area contributed by atoms with Crippen LogP contribution < -0.4 is 0 Å². The summed E-state index contributed by atoms with van der Waals surface area (Å²) >= 11 is 0. The van der Waals surface area contributed by atoms with Gasteiger partial charge in [0.25, 0.3) is 0 Å². The van der Waals surface area contributed by atoms with E-state index in [9.17, 15) is 4.79 Å². The fourth-order valence-corrected chi connectivity index (χ4v) is 0.845. The normalized spacial score (nSPS) is 12.9. The summed E-state index contributed by atoms with van der Waals surface area (Å²) in [6.07, 6.45) is 6.20. The molecule has 0 aliphatic heterocycles. The Hall–Kier alpha value is -1.11. The lowest BCUT2D eigenvalue weighted by atomic mass is 10.1. The van der Waals surface area contributed by atoms with Gasteiger partial charge in [0, 0.05) is 6.42 Å². The summed E-state index contributed by atoms with van der Waals surface area (Å²) < 4.78 is 0. The Morgan fingerprint density at radius 1 is 1.42 bits per heavy atom. The quantitative estimate of drug-likeness (QED) is 0.584. The number of allylic oxidation sites excluding steroid dienone is 5. The van der Waals surface area contributed by atoms with E-state index in [4.69, 9.17) is 0 Å². The molecule has 0 fully saturated rings. The minimum absolute atomic E-state index is 0.171. The van der Waals surface area contributed by atoms with E-state index in [0.29, 0.717) is 6.42 Å². The fourth-order valence-electron chi connectivity index (χ4n) is 0.845. The molecule has 12 heavy (non-hydrogen) atoms. The molecule has 0 aromatic heterocycles. The van der Waals surface area contributed by atoms with Crippen LogP contribution in [0.25, 0.3) is 0 Å². The lowest BCUT2D eigenvalue weighted by Gasteiger charge is -1.98. The van der Waals surface area contributed by atoms with E-state index in [2.05, 4.69) is 6.58 Å². The first-order valence-electron chi connectivity index (χ1n) is 4.05. The highest BCUT2D eigenvalue weighted by Crippen LogP contribution is 2.07. The van der Waals surface area contributed by atoms with Crippen molar-refractivity contribution in [2.24, 2.45) is 0 Å². The molecule has 0 saturated carbocycles. The average Bonchev–Trinajstić information content (AvgIpc) is 2.02. The van der Waals surface area contributed by atoms with Crippen molar-refractivity contribution >= 4 is 5.78 Å². The molecule has 1 heteroatoms. The maximum Gasteiger partial charge on any atom is 0.134 e. The Balaban J connectivity index is 4.43. The molecule has 0 amide bonds. The van der Waals surface area contributed by atoms with Gasteiger partial charge < -0.3 is 0 Å². The van der Waals surface area contributed by atoms with Crippen LogP contribution in [-0.2, 0) is 4.79 Å². The summed E-state index contributed by atoms with van der Waals surface area (Å²) in [5.74, 6) is 0.171. The van der Waals surface area contributed by atoms with Gasteiger partial charge in [-0.2, -0.15) is 0 Å². The van der Waals surface area contributed by atoms with Gasteiger partial charge in [-0.3, -0.25) is 4.79 Å². The van der Waals surface area contributed by atoms with Crippen LogP contribution in [0.2, 0.25) is 0 Å². The first kappa shape index (κ1) is 10.9. The summed E-state index contributed by atoms with van der Waals surface area (Å²) in [5, 5.41) is 0. The molecule has 0 aromatic carbocycles. The van der Waals surface area contributed by atoms with E-state index < -0.39 is 0 Å². The zero-order valence-electron chi connectivity index (χ0n) is 8.05. The third-order valence-corrected chi connectivity index (χ3v) is 1.58. The molecule has 66 valence electrons. The molecule has 0 N–H and O–H groups in total. The second-order valence-corrected chi connectivity index (χ2v) is 2.83. The monoisotopic (exact) mass is 164 g/mol. The van der Waals surface area contributed by atoms with Crippen molar-refractivity contribution in [3.05, 3.63) is 36.0 Å². The molecule has 0 rings (SSSR count). The Morgan fingerprint density at radius 2 is 2.00 bits per heavy atom. The SMILES string of the molecule is C=C/C(=C\C(C)=CC)CC(C)=O. The van der Waals surface area contributed by atoms with E-state index >= 15 is 0 Å². The Bertz CT molecular complexity index is 231. The number of carbonyl (C=O) groups is 1. The highest BCUT2D eigenvalue weighted by atomic mass is 16.1. The molecule has 1 nitrogen and oxygen atoms in total. The van der Waals surface area contributed by atoms with E-state index in [1.54, 1.807) is 13.0 Å². The van der Waals surface area contributed by atoms with Crippen LogP contribution in [0, 0.1) is 0 Å². The van der Waals surface area contributed by atoms with Gasteiger partial charge in [-0.25, -0.2) is 0 Å². The zero-order valence-corrected chi connectivity index (χ0v) is 8.05. The van der Waals surface area contributed by atoms with Gasteiger partial charge in [0.05, 0.1) is 0 Å². The van der Waals surface area contributed by atoms with Crippen LogP contribution in [0.15, 0.2) is 36.0 Å². The summed E-state index contributed by atoms with van der Waals surface area (Å²) in [6.45, 7) is 9.22. The van der Waals surface area contributed by atoms with Gasteiger partial charge in [0.1, 0.15) is 5.78 Å². The van der Waals surface area contributed by atoms with Gasteiger partial charge in [-0.1, -0.05) is 30.4 Å². The number of carbonyl (C=O) groups excluding carboxylic acids is 1. The molecule has 0 aromatic rings. The van der Waals surface area contributed by atoms with Gasteiger partial charge >= 0.3 is 0 Å². The first-order chi connectivity index (χ1) is 5.60. The topological polar surface area (TPSA) is 17.1 Å². The van der Waals surface area contributed by atoms with Gasteiger partial charge in [-0.05, 0) is 26.3 Å². The molecule has 0 saturated heterocycles. The summed E-state index contributed by atoms with van der Waals surface area (Å²) in [7, 11) is 0. The summed E-state index contributed by atoms with van der Waals surface area (Å²) in [5.41, 5.74) is 2.14. The van der Waals surface area contributed by atoms with Gasteiger partial charge in [0.2, 0.25) is 0 Å². The Kier molecular flexibility index (Phi) is 5.02. The predicted molar refractivity (Wildman–Crippen MR) is 53.0 cm³/mol. The highest BCUT2D eigenvalue weighted by molar-refractivity contribution is 5.78. The average molecular weight is 164 g/mol. The molecule has 0 spiro atoms. The zero-order chi connectivity index (χ0) is 9.56. The Labute approximate surface area is 74.5 Å². The summed E-state index contributed by atoms with van der Waals surface area (Å²) in [6, 6.07) is 0.